The number of nitrogens with zero attached hydrogens (tertiary/aromatic N) is 2. The van der Waals surface area contributed by atoms with Crippen molar-refractivity contribution in [2.24, 2.45) is 11.7 Å². The molecule has 2 aromatic rings. The van der Waals surface area contributed by atoms with Crippen LogP contribution in [0, 0.1) is 24.2 Å². The lowest BCUT2D eigenvalue weighted by atomic mass is 9.83. The third kappa shape index (κ3) is 3.54. The van der Waals surface area contributed by atoms with Crippen LogP contribution in [0.2, 0.25) is 0 Å². The van der Waals surface area contributed by atoms with E-state index in [9.17, 15) is 10.1 Å². The van der Waals surface area contributed by atoms with Crippen LogP contribution in [0.3, 0.4) is 0 Å². The Bertz CT molecular complexity index is 1080. The summed E-state index contributed by atoms with van der Waals surface area (Å²) < 4.78 is 18.1. The fraction of sp³-hybridized carbons (Fsp3) is 0.364. The van der Waals surface area contributed by atoms with Crippen molar-refractivity contribution in [3.8, 4) is 23.3 Å². The number of aryl methyl sites for hydroxylation is 1. The summed E-state index contributed by atoms with van der Waals surface area (Å²) in [6, 6.07) is 9.23. The fourth-order valence-electron chi connectivity index (χ4n) is 3.64. The number of fused-ring (bicyclic) bond motifs is 1. The summed E-state index contributed by atoms with van der Waals surface area (Å²) in [5.41, 5.74) is 7.93. The first-order chi connectivity index (χ1) is 13.8. The molecule has 2 heterocycles. The zero-order valence-corrected chi connectivity index (χ0v) is 17.3. The number of allylic oxidation sites excluding steroid dienone is 1. The second-order valence-electron chi connectivity index (χ2n) is 7.41. The molecule has 0 saturated heterocycles. The van der Waals surface area contributed by atoms with E-state index in [2.05, 4.69) is 6.07 Å². The van der Waals surface area contributed by atoms with Crippen molar-refractivity contribution in [1.29, 1.82) is 5.26 Å². The first-order valence-corrected chi connectivity index (χ1v) is 9.36. The zero-order chi connectivity index (χ0) is 21.3. The number of pyridine rings is 1. The first-order valence-electron chi connectivity index (χ1n) is 9.36. The Morgan fingerprint density at radius 1 is 1.24 bits per heavy atom. The quantitative estimate of drug-likeness (QED) is 0.835. The Kier molecular flexibility index (Phi) is 5.55. The van der Waals surface area contributed by atoms with Crippen molar-refractivity contribution >= 4 is 0 Å². The third-order valence-electron chi connectivity index (χ3n) is 4.98. The number of rotatable bonds is 5. The molecule has 0 aliphatic carbocycles. The number of nitriles is 1. The lowest BCUT2D eigenvalue weighted by Crippen LogP contribution is -2.33. The number of methoxy groups -OCH3 is 2. The Morgan fingerprint density at radius 2 is 1.93 bits per heavy atom. The van der Waals surface area contributed by atoms with Gasteiger partial charge in [0.1, 0.15) is 17.4 Å². The van der Waals surface area contributed by atoms with Crippen molar-refractivity contribution in [1.82, 2.24) is 4.57 Å². The molecule has 1 atom stereocenters. The van der Waals surface area contributed by atoms with Crippen molar-refractivity contribution in [3.05, 3.63) is 62.9 Å². The Hall–Kier alpha value is -3.40. The summed E-state index contributed by atoms with van der Waals surface area (Å²) in [5, 5.41) is 9.77. The molecule has 0 bridgehead atoms. The highest BCUT2D eigenvalue weighted by Gasteiger charge is 2.34. The highest BCUT2D eigenvalue weighted by atomic mass is 16.5. The molecule has 0 spiro atoms. The highest BCUT2D eigenvalue weighted by Crippen LogP contribution is 2.42. The number of benzene rings is 1. The van der Waals surface area contributed by atoms with Crippen LogP contribution in [0.15, 0.2) is 40.5 Å². The molecule has 29 heavy (non-hydrogen) atoms. The van der Waals surface area contributed by atoms with E-state index in [1.54, 1.807) is 35.9 Å². The predicted octanol–water partition coefficient (Wildman–Crippen LogP) is 3.05. The molecule has 7 nitrogen and oxygen atoms in total. The SMILES string of the molecule is COc1ccc(C2C(C#N)=C(N)Oc3cc(C)n(CC(C)C)c(=O)c32)cc1OC. The van der Waals surface area contributed by atoms with Crippen molar-refractivity contribution in [2.45, 2.75) is 33.2 Å². The van der Waals surface area contributed by atoms with Gasteiger partial charge < -0.3 is 24.5 Å². The van der Waals surface area contributed by atoms with E-state index in [0.717, 1.165) is 5.69 Å². The minimum atomic E-state index is -0.657. The second-order valence-corrected chi connectivity index (χ2v) is 7.41. The Balaban J connectivity index is 2.30. The molecular weight excluding hydrogens is 370 g/mol. The smallest absolute Gasteiger partial charge is 0.258 e. The Morgan fingerprint density at radius 3 is 2.52 bits per heavy atom. The van der Waals surface area contributed by atoms with Gasteiger partial charge in [0, 0.05) is 18.3 Å². The molecule has 0 fully saturated rings. The van der Waals surface area contributed by atoms with Crippen LogP contribution in [0.4, 0.5) is 0 Å². The summed E-state index contributed by atoms with van der Waals surface area (Å²) >= 11 is 0. The average Bonchev–Trinajstić information content (AvgIpc) is 2.69. The van der Waals surface area contributed by atoms with Gasteiger partial charge in [-0.3, -0.25) is 4.79 Å². The molecule has 0 amide bonds. The lowest BCUT2D eigenvalue weighted by molar-refractivity contribution is 0.354. The molecule has 1 aromatic heterocycles. The van der Waals surface area contributed by atoms with Crippen LogP contribution >= 0.6 is 0 Å². The standard InChI is InChI=1S/C22H25N3O4/c1-12(2)11-25-13(3)8-18-20(22(25)26)19(15(10-23)21(24)29-18)14-6-7-16(27-4)17(9-14)28-5/h6-9,12,19H,11,24H2,1-5H3. The molecule has 1 aliphatic heterocycles. The van der Waals surface area contributed by atoms with Crippen LogP contribution in [-0.2, 0) is 6.54 Å². The van der Waals surface area contributed by atoms with Gasteiger partial charge >= 0.3 is 0 Å². The number of nitrogens with two attached hydrogens (primary N) is 1. The Labute approximate surface area is 169 Å². The predicted molar refractivity (Wildman–Crippen MR) is 109 cm³/mol. The fourth-order valence-corrected chi connectivity index (χ4v) is 3.64. The summed E-state index contributed by atoms with van der Waals surface area (Å²) in [5.74, 6) is 1.06. The van der Waals surface area contributed by atoms with E-state index in [-0.39, 0.29) is 22.9 Å². The monoisotopic (exact) mass is 395 g/mol. The third-order valence-corrected chi connectivity index (χ3v) is 4.98. The van der Waals surface area contributed by atoms with Crippen LogP contribution in [0.5, 0.6) is 17.2 Å². The summed E-state index contributed by atoms with van der Waals surface area (Å²) in [6.45, 7) is 6.52. The van der Waals surface area contributed by atoms with E-state index in [1.807, 2.05) is 20.8 Å². The van der Waals surface area contributed by atoms with E-state index < -0.39 is 5.92 Å². The number of hydrogen-bond acceptors (Lipinski definition) is 6. The van der Waals surface area contributed by atoms with E-state index in [1.165, 1.54) is 7.11 Å². The van der Waals surface area contributed by atoms with Gasteiger partial charge in [0.2, 0.25) is 5.88 Å². The maximum atomic E-state index is 13.5. The topological polar surface area (TPSA) is 99.5 Å². The maximum absolute atomic E-state index is 13.5. The average molecular weight is 395 g/mol. The molecular formula is C22H25N3O4. The van der Waals surface area contributed by atoms with Gasteiger partial charge in [-0.1, -0.05) is 19.9 Å². The van der Waals surface area contributed by atoms with Crippen molar-refractivity contribution in [3.63, 3.8) is 0 Å². The van der Waals surface area contributed by atoms with Gasteiger partial charge in [-0.15, -0.1) is 0 Å². The van der Waals surface area contributed by atoms with E-state index in [0.29, 0.717) is 34.9 Å². The zero-order valence-electron chi connectivity index (χ0n) is 17.3. The van der Waals surface area contributed by atoms with Crippen molar-refractivity contribution in [2.75, 3.05) is 14.2 Å². The molecule has 3 rings (SSSR count). The van der Waals surface area contributed by atoms with Gasteiger partial charge in [0.25, 0.3) is 5.56 Å². The molecule has 0 radical (unpaired) electrons. The lowest BCUT2D eigenvalue weighted by Gasteiger charge is -2.28. The van der Waals surface area contributed by atoms with Gasteiger partial charge in [-0.05, 0) is 30.5 Å². The van der Waals surface area contributed by atoms with Gasteiger partial charge in [0.05, 0.1) is 25.7 Å². The first kappa shape index (κ1) is 20.3. The van der Waals surface area contributed by atoms with Crippen LogP contribution in [-0.4, -0.2) is 18.8 Å². The summed E-state index contributed by atoms with van der Waals surface area (Å²) in [7, 11) is 3.08. The molecule has 1 unspecified atom stereocenters. The molecule has 1 aliphatic rings. The normalized spacial score (nSPS) is 15.6. The minimum absolute atomic E-state index is 0.000180. The number of aromatic nitrogens is 1. The molecule has 7 heteroatoms. The van der Waals surface area contributed by atoms with Crippen LogP contribution < -0.4 is 25.5 Å². The van der Waals surface area contributed by atoms with Gasteiger partial charge in [-0.2, -0.15) is 5.26 Å². The number of ether oxygens (including phenoxy) is 3. The van der Waals surface area contributed by atoms with Gasteiger partial charge in [-0.25, -0.2) is 0 Å². The summed E-state index contributed by atoms with van der Waals surface area (Å²) in [4.78, 5) is 13.5. The van der Waals surface area contributed by atoms with Gasteiger partial charge in [0.15, 0.2) is 11.5 Å². The van der Waals surface area contributed by atoms with E-state index in [4.69, 9.17) is 19.9 Å². The number of hydrogen-bond donors (Lipinski definition) is 1. The molecule has 0 saturated carbocycles. The molecule has 2 N–H and O–H groups in total. The summed E-state index contributed by atoms with van der Waals surface area (Å²) in [6.07, 6.45) is 0. The second kappa shape index (κ2) is 7.92. The molecule has 1 aromatic carbocycles. The minimum Gasteiger partial charge on any atom is -0.493 e. The van der Waals surface area contributed by atoms with E-state index >= 15 is 0 Å². The maximum Gasteiger partial charge on any atom is 0.258 e. The highest BCUT2D eigenvalue weighted by molar-refractivity contribution is 5.57. The largest absolute Gasteiger partial charge is 0.493 e. The van der Waals surface area contributed by atoms with Crippen LogP contribution in [0.1, 0.15) is 36.6 Å². The van der Waals surface area contributed by atoms with Crippen LogP contribution in [0.25, 0.3) is 0 Å². The molecule has 152 valence electrons. The van der Waals surface area contributed by atoms with Crippen molar-refractivity contribution < 1.29 is 14.2 Å².